The van der Waals surface area contributed by atoms with Gasteiger partial charge in [-0.1, -0.05) is 60.2 Å². The highest BCUT2D eigenvalue weighted by molar-refractivity contribution is 7.90. The van der Waals surface area contributed by atoms with Crippen molar-refractivity contribution < 1.29 is 13.2 Å². The zero-order chi connectivity index (χ0) is 21.1. The van der Waals surface area contributed by atoms with Crippen molar-refractivity contribution in [2.24, 2.45) is 4.99 Å². The van der Waals surface area contributed by atoms with Crippen LogP contribution >= 0.6 is 0 Å². The SMILES string of the molecule is Cc1cccc(-c2cccc(CNC(=O)CN=C3NS(=O)(=O)c4ccccc43)c2)c1. The van der Waals surface area contributed by atoms with Gasteiger partial charge in [0, 0.05) is 12.1 Å². The van der Waals surface area contributed by atoms with Gasteiger partial charge >= 0.3 is 0 Å². The summed E-state index contributed by atoms with van der Waals surface area (Å²) in [4.78, 5) is 16.6. The maximum atomic E-state index is 12.3. The zero-order valence-corrected chi connectivity index (χ0v) is 17.2. The molecule has 0 bridgehead atoms. The van der Waals surface area contributed by atoms with Crippen LogP contribution in [0, 0.1) is 6.92 Å². The second-order valence-electron chi connectivity index (χ2n) is 7.11. The summed E-state index contributed by atoms with van der Waals surface area (Å²) in [7, 11) is -3.60. The Bertz CT molecular complexity index is 1250. The van der Waals surface area contributed by atoms with E-state index in [9.17, 15) is 13.2 Å². The summed E-state index contributed by atoms with van der Waals surface area (Å²) in [6.45, 7) is 2.26. The fourth-order valence-corrected chi connectivity index (χ4v) is 4.60. The number of aliphatic imine (C=N–C) groups is 1. The molecule has 0 fully saturated rings. The van der Waals surface area contributed by atoms with Gasteiger partial charge < -0.3 is 5.32 Å². The Balaban J connectivity index is 1.41. The summed E-state index contributed by atoms with van der Waals surface area (Å²) in [6.07, 6.45) is 0. The molecular formula is C23H21N3O3S. The summed E-state index contributed by atoms with van der Waals surface area (Å²) in [5, 5.41) is 2.83. The molecule has 0 unspecified atom stereocenters. The van der Waals surface area contributed by atoms with Crippen molar-refractivity contribution in [2.75, 3.05) is 6.54 Å². The summed E-state index contributed by atoms with van der Waals surface area (Å²) >= 11 is 0. The van der Waals surface area contributed by atoms with Gasteiger partial charge in [0.05, 0.1) is 4.90 Å². The minimum atomic E-state index is -3.60. The Kier molecular flexibility index (Phi) is 5.37. The van der Waals surface area contributed by atoms with Crippen LogP contribution in [0.3, 0.4) is 0 Å². The number of amides is 1. The van der Waals surface area contributed by atoms with Crippen LogP contribution in [0.5, 0.6) is 0 Å². The molecule has 7 heteroatoms. The third-order valence-electron chi connectivity index (χ3n) is 4.81. The first kappa shape index (κ1) is 19.8. The molecule has 0 spiro atoms. The molecule has 1 aliphatic rings. The largest absolute Gasteiger partial charge is 0.350 e. The van der Waals surface area contributed by atoms with Gasteiger partial charge in [0.15, 0.2) is 0 Å². The number of hydrogen-bond donors (Lipinski definition) is 2. The Labute approximate surface area is 175 Å². The third kappa shape index (κ3) is 4.26. The van der Waals surface area contributed by atoms with Gasteiger partial charge in [0.2, 0.25) is 5.91 Å². The first-order valence-electron chi connectivity index (χ1n) is 9.52. The minimum Gasteiger partial charge on any atom is -0.350 e. The Morgan fingerprint density at radius 2 is 1.70 bits per heavy atom. The van der Waals surface area contributed by atoms with Crippen LogP contribution in [-0.2, 0) is 21.4 Å². The molecule has 0 aromatic heterocycles. The van der Waals surface area contributed by atoms with E-state index in [0.717, 1.165) is 16.7 Å². The number of rotatable bonds is 5. The van der Waals surface area contributed by atoms with Crippen LogP contribution in [0.25, 0.3) is 11.1 Å². The number of carbonyl (C=O) groups excluding carboxylic acids is 1. The molecule has 0 radical (unpaired) electrons. The number of benzene rings is 3. The second-order valence-corrected chi connectivity index (χ2v) is 8.76. The monoisotopic (exact) mass is 419 g/mol. The van der Waals surface area contributed by atoms with E-state index in [2.05, 4.69) is 40.2 Å². The number of hydrogen-bond acceptors (Lipinski definition) is 4. The van der Waals surface area contributed by atoms with E-state index < -0.39 is 10.0 Å². The smallest absolute Gasteiger partial charge is 0.263 e. The van der Waals surface area contributed by atoms with Crippen LogP contribution in [0.2, 0.25) is 0 Å². The molecule has 0 aliphatic carbocycles. The van der Waals surface area contributed by atoms with Crippen molar-refractivity contribution in [3.8, 4) is 11.1 Å². The van der Waals surface area contributed by atoms with Crippen LogP contribution in [0.1, 0.15) is 16.7 Å². The highest BCUT2D eigenvalue weighted by Gasteiger charge is 2.30. The molecule has 2 N–H and O–H groups in total. The lowest BCUT2D eigenvalue weighted by Gasteiger charge is -2.08. The summed E-state index contributed by atoms with van der Waals surface area (Å²) in [6, 6.07) is 22.8. The summed E-state index contributed by atoms with van der Waals surface area (Å²) in [5.74, 6) is -0.0887. The van der Waals surface area contributed by atoms with E-state index >= 15 is 0 Å². The number of nitrogens with one attached hydrogen (secondary N) is 2. The molecule has 0 saturated carbocycles. The number of nitrogens with zero attached hydrogens (tertiary/aromatic N) is 1. The molecule has 1 heterocycles. The third-order valence-corrected chi connectivity index (χ3v) is 6.21. The van der Waals surface area contributed by atoms with Crippen molar-refractivity contribution >= 4 is 21.8 Å². The lowest BCUT2D eigenvalue weighted by Crippen LogP contribution is -2.28. The number of carbonyl (C=O) groups is 1. The van der Waals surface area contributed by atoms with E-state index in [0.29, 0.717) is 12.1 Å². The van der Waals surface area contributed by atoms with Crippen LogP contribution in [0.4, 0.5) is 0 Å². The van der Waals surface area contributed by atoms with E-state index in [1.807, 2.05) is 30.3 Å². The summed E-state index contributed by atoms with van der Waals surface area (Å²) in [5.41, 5.74) is 4.86. The highest BCUT2D eigenvalue weighted by atomic mass is 32.2. The lowest BCUT2D eigenvalue weighted by molar-refractivity contribution is -0.119. The second kappa shape index (κ2) is 8.12. The van der Waals surface area contributed by atoms with Crippen LogP contribution < -0.4 is 10.0 Å². The van der Waals surface area contributed by atoms with Crippen LogP contribution in [0.15, 0.2) is 82.7 Å². The van der Waals surface area contributed by atoms with Gasteiger partial charge in [-0.15, -0.1) is 0 Å². The maximum Gasteiger partial charge on any atom is 0.263 e. The zero-order valence-electron chi connectivity index (χ0n) is 16.4. The van der Waals surface area contributed by atoms with Gasteiger partial charge in [-0.25, -0.2) is 8.42 Å². The molecule has 3 aromatic rings. The van der Waals surface area contributed by atoms with Gasteiger partial charge in [0.1, 0.15) is 12.4 Å². The fraction of sp³-hybridized carbons (Fsp3) is 0.130. The van der Waals surface area contributed by atoms with E-state index in [1.54, 1.807) is 18.2 Å². The molecule has 0 atom stereocenters. The normalized spacial score (nSPS) is 15.4. The van der Waals surface area contributed by atoms with E-state index in [1.165, 1.54) is 11.6 Å². The average Bonchev–Trinajstić information content (AvgIpc) is 3.01. The molecule has 152 valence electrons. The van der Waals surface area contributed by atoms with E-state index in [4.69, 9.17) is 0 Å². The Hall–Kier alpha value is -3.45. The highest BCUT2D eigenvalue weighted by Crippen LogP contribution is 2.22. The van der Waals surface area contributed by atoms with Gasteiger partial charge in [0.25, 0.3) is 10.0 Å². The first-order valence-corrected chi connectivity index (χ1v) is 11.0. The molecule has 1 aliphatic heterocycles. The molecule has 4 rings (SSSR count). The average molecular weight is 420 g/mol. The molecule has 6 nitrogen and oxygen atoms in total. The number of aryl methyl sites for hydroxylation is 1. The minimum absolute atomic E-state index is 0.163. The van der Waals surface area contributed by atoms with Gasteiger partial charge in [-0.2, -0.15) is 0 Å². The van der Waals surface area contributed by atoms with Crippen molar-refractivity contribution in [3.05, 3.63) is 89.5 Å². The molecule has 0 saturated heterocycles. The quantitative estimate of drug-likeness (QED) is 0.666. The first-order chi connectivity index (χ1) is 14.4. The number of sulfonamides is 1. The van der Waals surface area contributed by atoms with Crippen molar-refractivity contribution in [2.45, 2.75) is 18.4 Å². The Morgan fingerprint density at radius 1 is 0.967 bits per heavy atom. The standard InChI is InChI=1S/C23H21N3O3S/c1-16-6-4-8-18(12-16)19-9-5-7-17(13-19)14-24-22(27)15-25-23-20-10-2-3-11-21(20)30(28,29)26-23/h2-13H,14-15H2,1H3,(H,24,27)(H,25,26). The van der Waals surface area contributed by atoms with Crippen molar-refractivity contribution in [1.29, 1.82) is 0 Å². The molecule has 30 heavy (non-hydrogen) atoms. The summed E-state index contributed by atoms with van der Waals surface area (Å²) < 4.78 is 26.6. The molecule has 3 aromatic carbocycles. The molecule has 1 amide bonds. The van der Waals surface area contributed by atoms with E-state index in [-0.39, 0.29) is 23.2 Å². The topological polar surface area (TPSA) is 87.6 Å². The predicted octanol–water partition coefficient (Wildman–Crippen LogP) is 3.02. The van der Waals surface area contributed by atoms with Crippen molar-refractivity contribution in [3.63, 3.8) is 0 Å². The van der Waals surface area contributed by atoms with Crippen molar-refractivity contribution in [1.82, 2.24) is 10.0 Å². The maximum absolute atomic E-state index is 12.3. The molecular weight excluding hydrogens is 398 g/mol. The van der Waals surface area contributed by atoms with Crippen LogP contribution in [-0.4, -0.2) is 26.7 Å². The Morgan fingerprint density at radius 3 is 2.50 bits per heavy atom. The predicted molar refractivity (Wildman–Crippen MR) is 117 cm³/mol. The van der Waals surface area contributed by atoms with Gasteiger partial charge in [-0.05, 0) is 41.8 Å². The number of amidine groups is 1. The number of fused-ring (bicyclic) bond motifs is 1. The van der Waals surface area contributed by atoms with Gasteiger partial charge in [-0.3, -0.25) is 14.5 Å². The lowest BCUT2D eigenvalue weighted by atomic mass is 10.0. The fourth-order valence-electron chi connectivity index (χ4n) is 3.34.